The highest BCUT2D eigenvalue weighted by molar-refractivity contribution is 6.74. The largest absolute Gasteiger partial charge is 0.487 e. The summed E-state index contributed by atoms with van der Waals surface area (Å²) in [5, 5.41) is 11.2. The standard InChI is InChI=1S/C38H49N3O5Si/c1-38(2,3)47(4,5)46-34(26-41(37(43)44)25-29-20-22-40(23-21-29)24-28-12-8-6-9-13-28)31-16-18-33(36-32(31)17-19-35(42)39-36)45-27-30-14-10-7-11-15-30/h6-19,29,34H,20-27H2,1-5H3,(H,39,42)(H,43,44). The lowest BCUT2D eigenvalue weighted by Gasteiger charge is -2.41. The van der Waals surface area contributed by atoms with Crippen LogP contribution in [0.3, 0.4) is 0 Å². The summed E-state index contributed by atoms with van der Waals surface area (Å²) >= 11 is 0. The van der Waals surface area contributed by atoms with Crippen molar-refractivity contribution in [1.29, 1.82) is 0 Å². The highest BCUT2D eigenvalue weighted by atomic mass is 28.4. The molecule has 9 heteroatoms. The Morgan fingerprint density at radius 1 is 0.957 bits per heavy atom. The molecule has 0 saturated carbocycles. The molecule has 3 aromatic carbocycles. The summed E-state index contributed by atoms with van der Waals surface area (Å²) in [7, 11) is -2.35. The minimum absolute atomic E-state index is 0.0895. The monoisotopic (exact) mass is 655 g/mol. The molecule has 0 aliphatic carbocycles. The molecule has 250 valence electrons. The zero-order valence-corrected chi connectivity index (χ0v) is 29.4. The number of piperidine rings is 1. The Morgan fingerprint density at radius 2 is 1.60 bits per heavy atom. The number of hydrogen-bond acceptors (Lipinski definition) is 5. The first-order valence-corrected chi connectivity index (χ1v) is 19.5. The topological polar surface area (TPSA) is 95.1 Å². The second-order valence-corrected chi connectivity index (χ2v) is 19.1. The molecule has 2 heterocycles. The first kappa shape index (κ1) is 34.4. The quantitative estimate of drug-likeness (QED) is 0.150. The number of pyridine rings is 1. The van der Waals surface area contributed by atoms with E-state index in [2.05, 4.69) is 68.0 Å². The third kappa shape index (κ3) is 8.91. The number of amides is 1. The van der Waals surface area contributed by atoms with E-state index in [-0.39, 0.29) is 23.1 Å². The van der Waals surface area contributed by atoms with Crippen LogP contribution in [0.25, 0.3) is 10.9 Å². The van der Waals surface area contributed by atoms with Gasteiger partial charge in [-0.15, -0.1) is 0 Å². The number of fused-ring (bicyclic) bond motifs is 1. The molecular formula is C38H49N3O5Si. The van der Waals surface area contributed by atoms with Crippen LogP contribution in [0.4, 0.5) is 4.79 Å². The van der Waals surface area contributed by atoms with Crippen LogP contribution in [0, 0.1) is 5.92 Å². The molecular weight excluding hydrogens is 607 g/mol. The molecule has 1 saturated heterocycles. The molecule has 2 N–H and O–H groups in total. The van der Waals surface area contributed by atoms with E-state index in [0.29, 0.717) is 24.4 Å². The van der Waals surface area contributed by atoms with Crippen LogP contribution >= 0.6 is 0 Å². The number of hydrogen-bond donors (Lipinski definition) is 2. The van der Waals surface area contributed by atoms with E-state index in [1.807, 2.05) is 48.5 Å². The Labute approximate surface area is 279 Å². The summed E-state index contributed by atoms with van der Waals surface area (Å²) in [5.41, 5.74) is 3.52. The number of aromatic amines is 1. The van der Waals surface area contributed by atoms with Crippen molar-refractivity contribution < 1.29 is 19.1 Å². The number of ether oxygens (including phenoxy) is 1. The molecule has 1 aliphatic heterocycles. The van der Waals surface area contributed by atoms with Gasteiger partial charge in [0.2, 0.25) is 5.56 Å². The number of nitrogens with one attached hydrogen (secondary N) is 1. The number of benzene rings is 3. The third-order valence-electron chi connectivity index (χ3n) is 9.81. The van der Waals surface area contributed by atoms with Crippen LogP contribution in [-0.2, 0) is 17.6 Å². The van der Waals surface area contributed by atoms with Gasteiger partial charge in [-0.3, -0.25) is 9.69 Å². The van der Waals surface area contributed by atoms with Crippen molar-refractivity contribution in [2.75, 3.05) is 26.2 Å². The summed E-state index contributed by atoms with van der Waals surface area (Å²) < 4.78 is 13.2. The maximum Gasteiger partial charge on any atom is 0.407 e. The highest BCUT2D eigenvalue weighted by Gasteiger charge is 2.41. The fourth-order valence-corrected chi connectivity index (χ4v) is 7.29. The summed E-state index contributed by atoms with van der Waals surface area (Å²) in [4.78, 5) is 32.3. The van der Waals surface area contributed by atoms with Gasteiger partial charge in [-0.1, -0.05) is 87.5 Å². The zero-order valence-electron chi connectivity index (χ0n) is 28.4. The van der Waals surface area contributed by atoms with Gasteiger partial charge in [-0.25, -0.2) is 4.79 Å². The van der Waals surface area contributed by atoms with E-state index in [0.717, 1.165) is 49.0 Å². The lowest BCUT2D eigenvalue weighted by molar-refractivity contribution is 0.0818. The van der Waals surface area contributed by atoms with Gasteiger partial charge < -0.3 is 24.2 Å². The predicted molar refractivity (Wildman–Crippen MR) is 190 cm³/mol. The zero-order chi connectivity index (χ0) is 33.6. The number of likely N-dealkylation sites (tertiary alicyclic amines) is 1. The number of carboxylic acid groups (broad SMARTS) is 1. The third-order valence-corrected chi connectivity index (χ3v) is 14.3. The SMILES string of the molecule is CC(C)(C)[Si](C)(C)OC(CN(CC1CCN(Cc2ccccc2)CC1)C(=O)O)c1ccc(OCc2ccccc2)c2[nH]c(=O)ccc12. The molecule has 47 heavy (non-hydrogen) atoms. The molecule has 0 radical (unpaired) electrons. The van der Waals surface area contributed by atoms with Crippen LogP contribution in [0.5, 0.6) is 5.75 Å². The van der Waals surface area contributed by atoms with Gasteiger partial charge in [0.25, 0.3) is 0 Å². The van der Waals surface area contributed by atoms with E-state index in [1.54, 1.807) is 11.0 Å². The normalized spacial score (nSPS) is 15.4. The summed E-state index contributed by atoms with van der Waals surface area (Å²) in [6.45, 7) is 14.7. The average Bonchev–Trinajstić information content (AvgIpc) is 3.04. The fourth-order valence-electron chi connectivity index (χ4n) is 6.03. The number of carbonyl (C=O) groups is 1. The van der Waals surface area contributed by atoms with Gasteiger partial charge in [0.15, 0.2) is 8.32 Å². The van der Waals surface area contributed by atoms with Crippen LogP contribution in [0.1, 0.15) is 56.4 Å². The minimum atomic E-state index is -2.35. The molecule has 1 aromatic heterocycles. The van der Waals surface area contributed by atoms with Crippen LogP contribution in [0.2, 0.25) is 18.1 Å². The van der Waals surface area contributed by atoms with E-state index in [9.17, 15) is 14.7 Å². The molecule has 8 nitrogen and oxygen atoms in total. The molecule has 1 fully saturated rings. The number of aromatic nitrogens is 1. The lowest BCUT2D eigenvalue weighted by atomic mass is 9.95. The maximum atomic E-state index is 12.8. The molecule has 1 aliphatic rings. The smallest absolute Gasteiger partial charge is 0.407 e. The maximum absolute atomic E-state index is 12.8. The van der Waals surface area contributed by atoms with Gasteiger partial charge in [-0.05, 0) is 78.8 Å². The summed E-state index contributed by atoms with van der Waals surface area (Å²) in [6.07, 6.45) is 0.423. The second-order valence-electron chi connectivity index (χ2n) is 14.3. The van der Waals surface area contributed by atoms with E-state index in [4.69, 9.17) is 9.16 Å². The van der Waals surface area contributed by atoms with Gasteiger partial charge in [-0.2, -0.15) is 0 Å². The Kier molecular flexibility index (Phi) is 10.9. The van der Waals surface area contributed by atoms with Crippen molar-refractivity contribution in [1.82, 2.24) is 14.8 Å². The molecule has 1 amide bonds. The Hall–Kier alpha value is -3.92. The first-order valence-electron chi connectivity index (χ1n) is 16.6. The van der Waals surface area contributed by atoms with Crippen molar-refractivity contribution >= 4 is 25.3 Å². The van der Waals surface area contributed by atoms with Crippen molar-refractivity contribution in [2.24, 2.45) is 5.92 Å². The minimum Gasteiger partial charge on any atom is -0.487 e. The number of nitrogens with zero attached hydrogens (tertiary/aromatic N) is 2. The number of H-pyrrole nitrogens is 1. The molecule has 0 bridgehead atoms. The van der Waals surface area contributed by atoms with Crippen molar-refractivity contribution in [3.05, 3.63) is 112 Å². The molecule has 0 spiro atoms. The molecule has 1 unspecified atom stereocenters. The highest BCUT2D eigenvalue weighted by Crippen LogP contribution is 2.42. The van der Waals surface area contributed by atoms with Crippen LogP contribution in [0.15, 0.2) is 89.7 Å². The first-order chi connectivity index (χ1) is 22.4. The van der Waals surface area contributed by atoms with E-state index < -0.39 is 20.5 Å². The lowest BCUT2D eigenvalue weighted by Crippen LogP contribution is -2.46. The Balaban J connectivity index is 1.40. The molecule has 5 rings (SSSR count). The van der Waals surface area contributed by atoms with E-state index >= 15 is 0 Å². The molecule has 4 aromatic rings. The second kappa shape index (κ2) is 14.9. The van der Waals surface area contributed by atoms with Gasteiger partial charge >= 0.3 is 6.09 Å². The van der Waals surface area contributed by atoms with Crippen LogP contribution < -0.4 is 10.3 Å². The fraction of sp³-hybridized carbons (Fsp3) is 0.421. The van der Waals surface area contributed by atoms with Gasteiger partial charge in [0.1, 0.15) is 12.4 Å². The summed E-state index contributed by atoms with van der Waals surface area (Å²) in [6, 6.07) is 27.5. The Bertz CT molecular complexity index is 1680. The van der Waals surface area contributed by atoms with Gasteiger partial charge in [0, 0.05) is 24.5 Å². The summed E-state index contributed by atoms with van der Waals surface area (Å²) in [5.74, 6) is 0.835. The van der Waals surface area contributed by atoms with Crippen molar-refractivity contribution in [2.45, 2.75) is 71.0 Å². The van der Waals surface area contributed by atoms with Crippen molar-refractivity contribution in [3.63, 3.8) is 0 Å². The Morgan fingerprint density at radius 3 is 2.21 bits per heavy atom. The van der Waals surface area contributed by atoms with Gasteiger partial charge in [0.05, 0.1) is 18.2 Å². The van der Waals surface area contributed by atoms with E-state index in [1.165, 1.54) is 11.6 Å². The molecule has 1 atom stereocenters. The number of rotatable bonds is 12. The average molecular weight is 656 g/mol. The predicted octanol–water partition coefficient (Wildman–Crippen LogP) is 8.06. The van der Waals surface area contributed by atoms with Crippen molar-refractivity contribution in [3.8, 4) is 5.75 Å². The van der Waals surface area contributed by atoms with Crippen LogP contribution in [-0.4, -0.2) is 60.5 Å².